The van der Waals surface area contributed by atoms with Crippen molar-refractivity contribution in [1.82, 2.24) is 20.9 Å². The van der Waals surface area contributed by atoms with Crippen molar-refractivity contribution in [3.63, 3.8) is 0 Å². The molecule has 350 valence electrons. The van der Waals surface area contributed by atoms with E-state index in [-0.39, 0.29) is 45.9 Å². The van der Waals surface area contributed by atoms with Gasteiger partial charge in [-0.3, -0.25) is 19.3 Å². The van der Waals surface area contributed by atoms with Gasteiger partial charge in [0.25, 0.3) is 0 Å². The summed E-state index contributed by atoms with van der Waals surface area (Å²) in [6.07, 6.45) is -15.9. The third-order valence-corrected chi connectivity index (χ3v) is 10.7. The number of nitrogens with one attached hydrogen (secondary N) is 3. The monoisotopic (exact) mass is 870 g/mol. The van der Waals surface area contributed by atoms with E-state index in [9.17, 15) is 60.3 Å². The van der Waals surface area contributed by atoms with Crippen molar-refractivity contribution in [2.24, 2.45) is 5.92 Å². The van der Waals surface area contributed by atoms with Crippen LogP contribution >= 0.6 is 0 Å². The molecule has 3 amide bonds. The maximum atomic E-state index is 13.8. The first-order valence-corrected chi connectivity index (χ1v) is 20.8. The summed E-state index contributed by atoms with van der Waals surface area (Å²) in [7, 11) is 0. The van der Waals surface area contributed by atoms with E-state index < -0.39 is 129 Å². The molecule has 60 heavy (non-hydrogen) atoms. The van der Waals surface area contributed by atoms with Crippen LogP contribution < -0.4 is 16.0 Å². The van der Waals surface area contributed by atoms with Crippen LogP contribution in [0.5, 0.6) is 0 Å². The molecule has 0 aromatic carbocycles. The number of hydrogen-bond acceptors (Lipinski definition) is 19. The van der Waals surface area contributed by atoms with E-state index in [1.54, 1.807) is 0 Å². The molecule has 0 saturated carbocycles. The Hall–Kier alpha value is -2.23. The van der Waals surface area contributed by atoms with Gasteiger partial charge in [0, 0.05) is 19.6 Å². The summed E-state index contributed by atoms with van der Waals surface area (Å²) in [6.45, 7) is 7.14. The summed E-state index contributed by atoms with van der Waals surface area (Å²) in [5, 5.41) is 98.9. The van der Waals surface area contributed by atoms with Gasteiger partial charge in [0.05, 0.1) is 57.3 Å². The first-order chi connectivity index (χ1) is 28.3. The van der Waals surface area contributed by atoms with Crippen molar-refractivity contribution in [1.29, 1.82) is 0 Å². The first-order valence-electron chi connectivity index (χ1n) is 20.8. The molecule has 3 rings (SSSR count). The number of carbonyl (C=O) groups is 3. The molecule has 3 heterocycles. The molecule has 16 atom stereocenters. The molecule has 3 fully saturated rings. The lowest BCUT2D eigenvalue weighted by Crippen LogP contribution is -2.58. The number of nitrogens with zero attached hydrogens (tertiary/aromatic N) is 1. The molecule has 3 aliphatic rings. The summed E-state index contributed by atoms with van der Waals surface area (Å²) >= 11 is 0. The quantitative estimate of drug-likeness (QED) is 0.0405. The largest absolute Gasteiger partial charge is 0.388 e. The Morgan fingerprint density at radius 1 is 0.517 bits per heavy atom. The van der Waals surface area contributed by atoms with E-state index in [1.165, 1.54) is 25.7 Å². The third kappa shape index (κ3) is 15.8. The summed E-state index contributed by atoms with van der Waals surface area (Å²) in [6, 6.07) is -0.998. The minimum absolute atomic E-state index is 0.0813. The summed E-state index contributed by atoms with van der Waals surface area (Å²) in [5.74, 6) is -1.22. The second-order valence-corrected chi connectivity index (χ2v) is 16.1. The minimum Gasteiger partial charge on any atom is -0.388 e. The number of unbranched alkanes of at least 4 members (excludes halogenated alkanes) is 2. The molecular formula is C38H70N4O18. The number of amides is 3. The molecule has 0 aromatic rings. The molecule has 0 aromatic heterocycles. The third-order valence-electron chi connectivity index (χ3n) is 10.7. The Labute approximate surface area is 350 Å². The minimum atomic E-state index is -1.54. The first kappa shape index (κ1) is 52.1. The molecule has 3 saturated heterocycles. The van der Waals surface area contributed by atoms with Crippen molar-refractivity contribution in [3.8, 4) is 0 Å². The van der Waals surface area contributed by atoms with E-state index in [1.807, 2.05) is 0 Å². The van der Waals surface area contributed by atoms with Crippen LogP contribution in [0.3, 0.4) is 0 Å². The highest BCUT2D eigenvalue weighted by Crippen LogP contribution is 2.24. The van der Waals surface area contributed by atoms with E-state index >= 15 is 0 Å². The van der Waals surface area contributed by atoms with E-state index in [2.05, 4.69) is 29.8 Å². The van der Waals surface area contributed by atoms with Crippen molar-refractivity contribution < 1.29 is 88.8 Å². The molecule has 22 heteroatoms. The Morgan fingerprint density at radius 3 is 1.23 bits per heavy atom. The van der Waals surface area contributed by atoms with E-state index in [0.717, 1.165) is 19.3 Å². The highest BCUT2D eigenvalue weighted by atomic mass is 16.7. The van der Waals surface area contributed by atoms with Gasteiger partial charge in [-0.1, -0.05) is 39.5 Å². The zero-order valence-electron chi connectivity index (χ0n) is 35.2. The molecular weight excluding hydrogens is 800 g/mol. The van der Waals surface area contributed by atoms with Gasteiger partial charge in [0.15, 0.2) is 18.9 Å². The smallest absolute Gasteiger partial charge is 0.237 e. The Balaban J connectivity index is 1.66. The maximum Gasteiger partial charge on any atom is 0.237 e. The standard InChI is InChI=1S/C38H70N4O18/c1-19(2)9-7-6-8-10-23(35(54)41-13-16-57-38-34(53)31(50)28(47)22(5)60-38)42(17-24(43)39-11-14-55-36-32(51)29(48)26(45)20(3)58-36)18-25(44)40-12-15-56-37-33(52)30(49)27(46)21(4)59-37/h19-23,26-34,36-38,45-53H,6-18H2,1-5H3,(H,39,43)(H,40,44)(H,41,54)/t20-,21-,22-,23-,26+,27+,28+,29+,30+,31+,32-,33-,34-,36+,37+,38+/m0/s1. The predicted molar refractivity (Wildman–Crippen MR) is 207 cm³/mol. The number of aliphatic hydroxyl groups excluding tert-OH is 9. The zero-order valence-corrected chi connectivity index (χ0v) is 35.2. The van der Waals surface area contributed by atoms with Gasteiger partial charge in [0.2, 0.25) is 17.7 Å². The fourth-order valence-corrected chi connectivity index (χ4v) is 6.96. The van der Waals surface area contributed by atoms with Crippen molar-refractivity contribution in [2.75, 3.05) is 52.5 Å². The summed E-state index contributed by atoms with van der Waals surface area (Å²) in [5.41, 5.74) is 0. The molecule has 12 N–H and O–H groups in total. The van der Waals surface area contributed by atoms with Crippen molar-refractivity contribution in [3.05, 3.63) is 0 Å². The molecule has 0 bridgehead atoms. The average Bonchev–Trinajstić information content (AvgIpc) is 3.20. The fraction of sp³-hybridized carbons (Fsp3) is 0.921. The van der Waals surface area contributed by atoms with Gasteiger partial charge in [0.1, 0.15) is 54.9 Å². The molecule has 0 unspecified atom stereocenters. The maximum absolute atomic E-state index is 13.8. The van der Waals surface area contributed by atoms with Crippen LogP contribution in [0.4, 0.5) is 0 Å². The second kappa shape index (κ2) is 25.8. The van der Waals surface area contributed by atoms with Crippen LogP contribution in [0.15, 0.2) is 0 Å². The topological polar surface area (TPSA) is 328 Å². The molecule has 22 nitrogen and oxygen atoms in total. The highest BCUT2D eigenvalue weighted by molar-refractivity contribution is 5.86. The van der Waals surface area contributed by atoms with E-state index in [0.29, 0.717) is 12.3 Å². The van der Waals surface area contributed by atoms with Crippen molar-refractivity contribution >= 4 is 17.7 Å². The number of hydrogen-bond donors (Lipinski definition) is 12. The van der Waals surface area contributed by atoms with Crippen LogP contribution in [0.1, 0.15) is 66.7 Å². The number of rotatable bonds is 24. The molecule has 0 radical (unpaired) electrons. The SMILES string of the molecule is CC(C)CCCCC[C@@H](C(=O)NCCO[C@@H]1O[C@@H](C)[C@@H](O)[C@@H](O)[C@@H]1O)N(CC(=O)NCCO[C@@H]1O[C@@H](C)[C@@H](O)[C@@H](O)[C@@H]1O)CC(=O)NCCO[C@@H]1O[C@@H](C)[C@@H](O)[C@@H](O)[C@@H]1O. The van der Waals surface area contributed by atoms with Gasteiger partial charge in [-0.2, -0.15) is 0 Å². The Bertz CT molecular complexity index is 1230. The number of aliphatic hydroxyl groups is 9. The van der Waals surface area contributed by atoms with Crippen LogP contribution in [0.2, 0.25) is 0 Å². The normalized spacial score (nSPS) is 35.3. The fourth-order valence-electron chi connectivity index (χ4n) is 6.96. The average molecular weight is 871 g/mol. The summed E-state index contributed by atoms with van der Waals surface area (Å²) in [4.78, 5) is 41.9. The number of ether oxygens (including phenoxy) is 6. The highest BCUT2D eigenvalue weighted by Gasteiger charge is 2.44. The van der Waals surface area contributed by atoms with Crippen LogP contribution in [0.25, 0.3) is 0 Å². The van der Waals surface area contributed by atoms with Crippen molar-refractivity contribution in [2.45, 2.75) is 165 Å². The van der Waals surface area contributed by atoms with Gasteiger partial charge < -0.3 is 90.3 Å². The van der Waals surface area contributed by atoms with Gasteiger partial charge in [-0.25, -0.2) is 0 Å². The zero-order chi connectivity index (χ0) is 44.7. The van der Waals surface area contributed by atoms with E-state index in [4.69, 9.17) is 28.4 Å². The van der Waals surface area contributed by atoms with Crippen LogP contribution in [-0.4, -0.2) is 219 Å². The lowest BCUT2D eigenvalue weighted by Gasteiger charge is -2.39. The molecule has 0 aliphatic carbocycles. The van der Waals surface area contributed by atoms with Gasteiger partial charge >= 0.3 is 0 Å². The lowest BCUT2D eigenvalue weighted by atomic mass is 10.0. The predicted octanol–water partition coefficient (Wildman–Crippen LogP) is -4.86. The van der Waals surface area contributed by atoms with Gasteiger partial charge in [-0.05, 0) is 33.1 Å². The lowest BCUT2D eigenvalue weighted by molar-refractivity contribution is -0.292. The van der Waals surface area contributed by atoms with Gasteiger partial charge in [-0.15, -0.1) is 0 Å². The Kier molecular flexibility index (Phi) is 22.4. The Morgan fingerprint density at radius 2 is 0.867 bits per heavy atom. The molecule has 0 spiro atoms. The summed E-state index contributed by atoms with van der Waals surface area (Å²) < 4.78 is 32.9. The number of carbonyl (C=O) groups excluding carboxylic acids is 3. The van der Waals surface area contributed by atoms with Crippen LogP contribution in [0, 0.1) is 5.92 Å². The molecule has 3 aliphatic heterocycles. The van der Waals surface area contributed by atoms with Crippen LogP contribution in [-0.2, 0) is 42.8 Å². The second-order valence-electron chi connectivity index (χ2n) is 16.1.